The number of benzene rings is 2. The second-order valence-corrected chi connectivity index (χ2v) is 7.79. The van der Waals surface area contributed by atoms with Gasteiger partial charge in [-0.15, -0.1) is 10.2 Å². The first-order valence-corrected chi connectivity index (χ1v) is 10.3. The van der Waals surface area contributed by atoms with E-state index in [2.05, 4.69) is 63.1 Å². The molecule has 0 saturated heterocycles. The third-order valence-corrected chi connectivity index (χ3v) is 5.89. The van der Waals surface area contributed by atoms with E-state index in [0.29, 0.717) is 0 Å². The van der Waals surface area contributed by atoms with Gasteiger partial charge in [0, 0.05) is 23.3 Å². The average molecular weight is 379 g/mol. The maximum atomic E-state index is 4.74. The molecule has 0 saturated carbocycles. The molecule has 0 N–H and O–H groups in total. The van der Waals surface area contributed by atoms with Gasteiger partial charge in [0.05, 0.1) is 0 Å². The lowest BCUT2D eigenvalue weighted by molar-refractivity contribution is 0.793. The average Bonchev–Trinajstić information content (AvgIpc) is 3.09. The molecule has 4 nitrogen and oxygen atoms in total. The van der Waals surface area contributed by atoms with Gasteiger partial charge in [-0.2, -0.15) is 0 Å². The largest absolute Gasteiger partial charge is 0.248 e. The molecule has 0 spiro atoms. The van der Waals surface area contributed by atoms with Gasteiger partial charge >= 0.3 is 0 Å². The van der Waals surface area contributed by atoms with Crippen molar-refractivity contribution >= 4 is 29.2 Å². The standard InChI is InChI=1S/C20H18N4S2/c1-15-12-18-22-23-20(26-14-17-10-6-3-7-11-17)24(18)19(21-15)25-13-16-8-4-2-5-9-16/h2-12H,13-14H2,1H3. The zero-order valence-electron chi connectivity index (χ0n) is 14.4. The monoisotopic (exact) mass is 378 g/mol. The smallest absolute Gasteiger partial charge is 0.198 e. The van der Waals surface area contributed by atoms with Crippen molar-refractivity contribution in [3.63, 3.8) is 0 Å². The lowest BCUT2D eigenvalue weighted by atomic mass is 10.2. The Morgan fingerprint density at radius 3 is 1.96 bits per heavy atom. The van der Waals surface area contributed by atoms with Crippen molar-refractivity contribution < 1.29 is 0 Å². The van der Waals surface area contributed by atoms with Gasteiger partial charge in [0.2, 0.25) is 0 Å². The van der Waals surface area contributed by atoms with Crippen LogP contribution in [0.25, 0.3) is 5.65 Å². The van der Waals surface area contributed by atoms with Crippen LogP contribution in [0.15, 0.2) is 77.0 Å². The molecular weight excluding hydrogens is 360 g/mol. The van der Waals surface area contributed by atoms with Crippen molar-refractivity contribution in [3.8, 4) is 0 Å². The highest BCUT2D eigenvalue weighted by atomic mass is 32.2. The Kier molecular flexibility index (Phi) is 5.22. The van der Waals surface area contributed by atoms with Gasteiger partial charge < -0.3 is 0 Å². The SMILES string of the molecule is Cc1cc2nnc(SCc3ccccc3)n2c(SCc2ccccc2)n1. The molecule has 26 heavy (non-hydrogen) atoms. The van der Waals surface area contributed by atoms with E-state index < -0.39 is 0 Å². The molecule has 4 aromatic rings. The van der Waals surface area contributed by atoms with Crippen molar-refractivity contribution in [2.24, 2.45) is 0 Å². The predicted octanol–water partition coefficient (Wildman–Crippen LogP) is 5.02. The van der Waals surface area contributed by atoms with Crippen molar-refractivity contribution in [1.82, 2.24) is 19.6 Å². The fraction of sp³-hybridized carbons (Fsp3) is 0.150. The van der Waals surface area contributed by atoms with Crippen LogP contribution < -0.4 is 0 Å². The zero-order valence-corrected chi connectivity index (χ0v) is 16.0. The number of hydrogen-bond acceptors (Lipinski definition) is 5. The Hall–Kier alpha value is -2.31. The highest BCUT2D eigenvalue weighted by Crippen LogP contribution is 2.28. The summed E-state index contributed by atoms with van der Waals surface area (Å²) in [6.45, 7) is 2.00. The van der Waals surface area contributed by atoms with E-state index in [1.807, 2.05) is 25.1 Å². The Balaban J connectivity index is 1.60. The molecule has 2 aromatic carbocycles. The van der Waals surface area contributed by atoms with Crippen LogP contribution in [0.3, 0.4) is 0 Å². The fourth-order valence-corrected chi connectivity index (χ4v) is 4.57. The quantitative estimate of drug-likeness (QED) is 0.348. The van der Waals surface area contributed by atoms with E-state index in [1.165, 1.54) is 11.1 Å². The van der Waals surface area contributed by atoms with Crippen molar-refractivity contribution in [2.45, 2.75) is 28.7 Å². The van der Waals surface area contributed by atoms with Crippen molar-refractivity contribution in [2.75, 3.05) is 0 Å². The van der Waals surface area contributed by atoms with Crippen molar-refractivity contribution in [3.05, 3.63) is 83.6 Å². The molecule has 0 aliphatic carbocycles. The number of thioether (sulfide) groups is 2. The number of nitrogens with zero attached hydrogens (tertiary/aromatic N) is 4. The van der Waals surface area contributed by atoms with Crippen LogP contribution in [0.5, 0.6) is 0 Å². The van der Waals surface area contributed by atoms with Crippen LogP contribution >= 0.6 is 23.5 Å². The van der Waals surface area contributed by atoms with Crippen molar-refractivity contribution in [1.29, 1.82) is 0 Å². The summed E-state index contributed by atoms with van der Waals surface area (Å²) < 4.78 is 2.06. The Bertz CT molecular complexity index is 1000. The number of fused-ring (bicyclic) bond motifs is 1. The molecule has 0 aliphatic rings. The summed E-state index contributed by atoms with van der Waals surface area (Å²) in [6.07, 6.45) is 0. The second-order valence-electron chi connectivity index (χ2n) is 5.90. The fourth-order valence-electron chi connectivity index (χ4n) is 2.61. The highest BCUT2D eigenvalue weighted by molar-refractivity contribution is 7.99. The molecule has 0 atom stereocenters. The molecule has 2 heterocycles. The van der Waals surface area contributed by atoms with Gasteiger partial charge in [0.15, 0.2) is 16.0 Å². The van der Waals surface area contributed by atoms with E-state index in [1.54, 1.807) is 23.5 Å². The van der Waals surface area contributed by atoms with E-state index in [0.717, 1.165) is 33.2 Å². The first-order chi connectivity index (χ1) is 12.8. The molecule has 0 fully saturated rings. The Morgan fingerprint density at radius 1 is 0.769 bits per heavy atom. The zero-order chi connectivity index (χ0) is 17.8. The maximum absolute atomic E-state index is 4.74. The summed E-state index contributed by atoms with van der Waals surface area (Å²) in [7, 11) is 0. The van der Waals surface area contributed by atoms with Gasteiger partial charge in [0.25, 0.3) is 0 Å². The summed E-state index contributed by atoms with van der Waals surface area (Å²) in [5, 5.41) is 10.6. The minimum absolute atomic E-state index is 0.851. The molecule has 4 rings (SSSR count). The predicted molar refractivity (Wildman–Crippen MR) is 108 cm³/mol. The lowest BCUT2D eigenvalue weighted by Crippen LogP contribution is -1.99. The molecule has 130 valence electrons. The number of hydrogen-bond donors (Lipinski definition) is 0. The van der Waals surface area contributed by atoms with Crippen LogP contribution in [0, 0.1) is 6.92 Å². The molecule has 0 unspecified atom stereocenters. The molecular formula is C20H18N4S2. The highest BCUT2D eigenvalue weighted by Gasteiger charge is 2.13. The second kappa shape index (κ2) is 7.93. The summed E-state index contributed by atoms with van der Waals surface area (Å²) >= 11 is 3.40. The number of aromatic nitrogens is 4. The summed E-state index contributed by atoms with van der Waals surface area (Å²) in [6, 6.07) is 22.8. The molecule has 0 radical (unpaired) electrons. The van der Waals surface area contributed by atoms with Gasteiger partial charge in [-0.3, -0.25) is 0 Å². The van der Waals surface area contributed by atoms with Gasteiger partial charge in [-0.25, -0.2) is 9.38 Å². The van der Waals surface area contributed by atoms with E-state index in [4.69, 9.17) is 4.98 Å². The minimum atomic E-state index is 0.851. The Labute approximate surface area is 161 Å². The molecule has 2 aromatic heterocycles. The first kappa shape index (κ1) is 17.1. The first-order valence-electron chi connectivity index (χ1n) is 8.36. The topological polar surface area (TPSA) is 43.1 Å². The van der Waals surface area contributed by atoms with Gasteiger partial charge in [-0.1, -0.05) is 84.2 Å². The van der Waals surface area contributed by atoms with Gasteiger partial charge in [0.1, 0.15) is 0 Å². The normalized spacial score (nSPS) is 11.1. The number of aryl methyl sites for hydroxylation is 1. The van der Waals surface area contributed by atoms with Crippen LogP contribution in [0.1, 0.15) is 16.8 Å². The van der Waals surface area contributed by atoms with Gasteiger partial charge in [-0.05, 0) is 18.1 Å². The Morgan fingerprint density at radius 2 is 1.35 bits per heavy atom. The minimum Gasteiger partial charge on any atom is -0.248 e. The third kappa shape index (κ3) is 3.92. The molecule has 0 aliphatic heterocycles. The third-order valence-electron chi connectivity index (χ3n) is 3.88. The summed E-state index contributed by atoms with van der Waals surface area (Å²) in [5.41, 5.74) is 4.36. The summed E-state index contributed by atoms with van der Waals surface area (Å²) in [5.74, 6) is 1.73. The van der Waals surface area contributed by atoms with E-state index in [9.17, 15) is 0 Å². The number of rotatable bonds is 6. The summed E-state index contributed by atoms with van der Waals surface area (Å²) in [4.78, 5) is 4.74. The molecule has 0 amide bonds. The lowest BCUT2D eigenvalue weighted by Gasteiger charge is -2.08. The molecule has 0 bridgehead atoms. The molecule has 6 heteroatoms. The van der Waals surface area contributed by atoms with E-state index in [-0.39, 0.29) is 0 Å². The van der Waals surface area contributed by atoms with Crippen LogP contribution in [0.4, 0.5) is 0 Å². The maximum Gasteiger partial charge on any atom is 0.198 e. The van der Waals surface area contributed by atoms with E-state index >= 15 is 0 Å². The van der Waals surface area contributed by atoms with Crippen LogP contribution in [0.2, 0.25) is 0 Å². The van der Waals surface area contributed by atoms with Crippen LogP contribution in [-0.2, 0) is 11.5 Å². The van der Waals surface area contributed by atoms with Crippen LogP contribution in [-0.4, -0.2) is 19.6 Å².